The van der Waals surface area contributed by atoms with Crippen LogP contribution in [0.1, 0.15) is 59.3 Å². The lowest BCUT2D eigenvalue weighted by Crippen LogP contribution is -2.39. The van der Waals surface area contributed by atoms with Gasteiger partial charge in [-0.15, -0.1) is 0 Å². The Bertz CT molecular complexity index is 1230. The third-order valence-electron chi connectivity index (χ3n) is 5.37. The van der Waals surface area contributed by atoms with Gasteiger partial charge in [-0.25, -0.2) is 16.8 Å². The zero-order chi connectivity index (χ0) is 28.2. The second-order valence-corrected chi connectivity index (χ2v) is 17.0. The molecule has 0 spiro atoms. The molecule has 15 nitrogen and oxygen atoms in total. The molecule has 0 saturated carbocycles. The van der Waals surface area contributed by atoms with Crippen molar-refractivity contribution in [1.82, 2.24) is 0 Å². The van der Waals surface area contributed by atoms with Crippen LogP contribution in [0.5, 0.6) is 0 Å². The number of rotatable bonds is 16. The molecule has 0 aromatic rings. The fourth-order valence-electron chi connectivity index (χ4n) is 3.54. The van der Waals surface area contributed by atoms with Crippen LogP contribution < -0.4 is 0 Å². The third-order valence-corrected chi connectivity index (χ3v) is 11.6. The number of hydrogen-bond acceptors (Lipinski definition) is 12. The first kappa shape index (κ1) is 34.6. The summed E-state index contributed by atoms with van der Waals surface area (Å²) in [6.07, 6.45) is -5.63. The van der Waals surface area contributed by atoms with Gasteiger partial charge in [-0.3, -0.25) is 13.7 Å². The van der Waals surface area contributed by atoms with Crippen molar-refractivity contribution in [2.45, 2.75) is 85.5 Å². The first-order valence-electron chi connectivity index (χ1n) is 10.1. The fourth-order valence-corrected chi connectivity index (χ4v) is 8.84. The molecule has 0 saturated heterocycles. The molecule has 0 bridgehead atoms. The molecule has 5 unspecified atom stereocenters. The summed E-state index contributed by atoms with van der Waals surface area (Å²) >= 11 is 0. The molecule has 0 aromatic heterocycles. The van der Waals surface area contributed by atoms with E-state index >= 15 is 0 Å². The molecular weight excluding hydrogens is 580 g/mol. The van der Waals surface area contributed by atoms with Crippen LogP contribution in [-0.2, 0) is 50.6 Å². The molecule has 5 atom stereocenters. The van der Waals surface area contributed by atoms with Crippen molar-refractivity contribution < 1.29 is 64.9 Å². The van der Waals surface area contributed by atoms with E-state index in [0.717, 1.165) is 0 Å². The van der Waals surface area contributed by atoms with Gasteiger partial charge in [0, 0.05) is 0 Å². The van der Waals surface area contributed by atoms with Crippen molar-refractivity contribution in [2.75, 3.05) is 0 Å². The van der Waals surface area contributed by atoms with Crippen LogP contribution in [0, 0.1) is 5.92 Å². The maximum Gasteiger partial charge on any atom is 0.267 e. The molecule has 0 rings (SSSR count). The van der Waals surface area contributed by atoms with Crippen LogP contribution in [0.25, 0.3) is 0 Å². The standard InChI is InChI=1S/C15H32O15S5/c1-4-11(31(16,17)18)6-13(33(22,23)24)8-15(35(28,29)30)9-14(34(25,26)27)7-12(5-10(2)3)32(19,20)21/h10-15H,4-9H2,1-3H3,(H,16,17,18)(H,19,20,21)(H,22,23,24)(H,25,26,27)(H,28,29,30)/p-2. The Labute approximate surface area is 206 Å². The summed E-state index contributed by atoms with van der Waals surface area (Å²) in [5.74, 6) is -0.452. The van der Waals surface area contributed by atoms with Crippen LogP contribution in [0.4, 0.5) is 0 Å². The van der Waals surface area contributed by atoms with Crippen molar-refractivity contribution in [3.05, 3.63) is 0 Å². The van der Waals surface area contributed by atoms with Crippen LogP contribution >= 0.6 is 0 Å². The molecule has 0 aliphatic rings. The Balaban J connectivity index is 6.38. The van der Waals surface area contributed by atoms with Crippen LogP contribution in [0.3, 0.4) is 0 Å². The molecule has 20 heteroatoms. The minimum absolute atomic E-state index is 0.373. The zero-order valence-electron chi connectivity index (χ0n) is 19.0. The van der Waals surface area contributed by atoms with Gasteiger partial charge in [0.1, 0.15) is 0 Å². The molecular formula is C15H30O15S5-2. The monoisotopic (exact) mass is 610 g/mol. The van der Waals surface area contributed by atoms with Gasteiger partial charge >= 0.3 is 0 Å². The molecule has 0 aliphatic carbocycles. The van der Waals surface area contributed by atoms with E-state index in [0.29, 0.717) is 0 Å². The highest BCUT2D eigenvalue weighted by atomic mass is 32.2. The summed E-state index contributed by atoms with van der Waals surface area (Å²) in [5, 5.41) is -10.7. The Morgan fingerprint density at radius 1 is 0.514 bits per heavy atom. The van der Waals surface area contributed by atoms with Gasteiger partial charge in [-0.2, -0.15) is 25.3 Å². The lowest BCUT2D eigenvalue weighted by molar-refractivity contribution is 0.398. The maximum atomic E-state index is 11.9. The molecule has 0 fully saturated rings. The minimum atomic E-state index is -5.35. The van der Waals surface area contributed by atoms with Crippen LogP contribution in [-0.4, -0.2) is 91.1 Å². The third kappa shape index (κ3) is 12.6. The molecule has 3 N–H and O–H groups in total. The predicted octanol–water partition coefficient (Wildman–Crippen LogP) is -0.400. The molecule has 0 amide bonds. The smallest absolute Gasteiger partial charge is 0.267 e. The van der Waals surface area contributed by atoms with Crippen molar-refractivity contribution >= 4 is 50.6 Å². The Morgan fingerprint density at radius 2 is 0.771 bits per heavy atom. The quantitative estimate of drug-likeness (QED) is 0.187. The summed E-state index contributed by atoms with van der Waals surface area (Å²) in [7, 11) is -26.1. The van der Waals surface area contributed by atoms with Crippen LogP contribution in [0.2, 0.25) is 0 Å². The number of hydrogen-bond donors (Lipinski definition) is 3. The van der Waals surface area contributed by atoms with Crippen molar-refractivity contribution in [3.8, 4) is 0 Å². The normalized spacial score (nSPS) is 18.7. The highest BCUT2D eigenvalue weighted by Crippen LogP contribution is 2.29. The summed E-state index contributed by atoms with van der Waals surface area (Å²) in [5.41, 5.74) is 0. The lowest BCUT2D eigenvalue weighted by atomic mass is 10.0. The summed E-state index contributed by atoms with van der Waals surface area (Å²) < 4.78 is 168. The van der Waals surface area contributed by atoms with Gasteiger partial charge in [0.15, 0.2) is 0 Å². The van der Waals surface area contributed by atoms with E-state index < -0.39 is 115 Å². The van der Waals surface area contributed by atoms with E-state index in [9.17, 15) is 64.9 Å². The van der Waals surface area contributed by atoms with Crippen molar-refractivity contribution in [1.29, 1.82) is 0 Å². The highest BCUT2D eigenvalue weighted by Gasteiger charge is 2.40. The van der Waals surface area contributed by atoms with E-state index in [1.54, 1.807) is 0 Å². The van der Waals surface area contributed by atoms with Gasteiger partial charge in [-0.05, 0) is 44.4 Å². The van der Waals surface area contributed by atoms with Crippen LogP contribution in [0.15, 0.2) is 0 Å². The highest BCUT2D eigenvalue weighted by molar-refractivity contribution is 7.88. The van der Waals surface area contributed by atoms with E-state index in [1.807, 2.05) is 0 Å². The van der Waals surface area contributed by atoms with E-state index in [4.69, 9.17) is 0 Å². The molecule has 212 valence electrons. The van der Waals surface area contributed by atoms with E-state index in [-0.39, 0.29) is 6.42 Å². The first-order chi connectivity index (χ1) is 15.3. The first-order valence-corrected chi connectivity index (χ1v) is 17.5. The molecule has 0 heterocycles. The van der Waals surface area contributed by atoms with Gasteiger partial charge in [0.05, 0.1) is 46.5 Å². The summed E-state index contributed by atoms with van der Waals surface area (Å²) in [4.78, 5) is 0. The van der Waals surface area contributed by atoms with E-state index in [1.165, 1.54) is 20.8 Å². The summed E-state index contributed by atoms with van der Waals surface area (Å²) in [6, 6.07) is 0. The molecule has 0 aliphatic heterocycles. The largest absolute Gasteiger partial charge is 0.748 e. The van der Waals surface area contributed by atoms with E-state index in [2.05, 4.69) is 0 Å². The molecule has 35 heavy (non-hydrogen) atoms. The predicted molar refractivity (Wildman–Crippen MR) is 121 cm³/mol. The lowest BCUT2D eigenvalue weighted by Gasteiger charge is -2.29. The second-order valence-electron chi connectivity index (χ2n) is 8.62. The Morgan fingerprint density at radius 3 is 0.971 bits per heavy atom. The van der Waals surface area contributed by atoms with Gasteiger partial charge < -0.3 is 9.11 Å². The van der Waals surface area contributed by atoms with Gasteiger partial charge in [0.25, 0.3) is 30.4 Å². The Hall–Kier alpha value is -0.450. The maximum absolute atomic E-state index is 11.9. The SMILES string of the molecule is CCC(CC(CC(CC(CC(CC(C)C)S(=O)(=O)[O-])S(=O)(=O)O)S(=O)(=O)O)S(=O)(=O)O)S(=O)(=O)[O-]. The van der Waals surface area contributed by atoms with Gasteiger partial charge in [-0.1, -0.05) is 20.8 Å². The fraction of sp³-hybridized carbons (Fsp3) is 1.00. The molecule has 0 aromatic carbocycles. The average Bonchev–Trinajstić information content (AvgIpc) is 2.56. The topological polar surface area (TPSA) is 278 Å². The van der Waals surface area contributed by atoms with Crippen molar-refractivity contribution in [2.24, 2.45) is 5.92 Å². The zero-order valence-corrected chi connectivity index (χ0v) is 23.1. The van der Waals surface area contributed by atoms with Crippen molar-refractivity contribution in [3.63, 3.8) is 0 Å². The second kappa shape index (κ2) is 12.4. The Kier molecular flexibility index (Phi) is 12.2. The molecule has 0 radical (unpaired) electrons. The summed E-state index contributed by atoms with van der Waals surface area (Å²) in [6.45, 7) is 4.17. The van der Waals surface area contributed by atoms with Gasteiger partial charge in [0.2, 0.25) is 0 Å². The minimum Gasteiger partial charge on any atom is -0.748 e. The average molecular weight is 611 g/mol.